The molecular weight excluding hydrogens is 431 g/mol. The quantitative estimate of drug-likeness (QED) is 0.392. The second kappa shape index (κ2) is 7.95. The van der Waals surface area contributed by atoms with E-state index in [1.807, 2.05) is 30.3 Å². The molecule has 29 heavy (non-hydrogen) atoms. The molecule has 0 aliphatic carbocycles. The molecule has 0 atom stereocenters. The van der Waals surface area contributed by atoms with Crippen LogP contribution in [-0.2, 0) is 4.79 Å². The van der Waals surface area contributed by atoms with Crippen LogP contribution in [-0.4, -0.2) is 21.7 Å². The van der Waals surface area contributed by atoms with Gasteiger partial charge >= 0.3 is 0 Å². The van der Waals surface area contributed by atoms with E-state index in [0.29, 0.717) is 27.1 Å². The molecule has 0 spiro atoms. The summed E-state index contributed by atoms with van der Waals surface area (Å²) in [6.07, 6.45) is 1.61. The zero-order valence-corrected chi connectivity index (χ0v) is 17.4. The topological polar surface area (TPSA) is 58.5 Å². The largest absolute Gasteiger partial charge is 0.285 e. The second-order valence-electron chi connectivity index (χ2n) is 6.27. The molecule has 0 saturated heterocycles. The van der Waals surface area contributed by atoms with Crippen LogP contribution in [0.25, 0.3) is 6.08 Å². The molecule has 1 aromatic heterocycles. The lowest BCUT2D eigenvalue weighted by Gasteiger charge is -2.16. The van der Waals surface area contributed by atoms with Crippen LogP contribution in [0.1, 0.15) is 16.8 Å². The summed E-state index contributed by atoms with van der Waals surface area (Å²) >= 11 is 18.3. The van der Waals surface area contributed by atoms with Gasteiger partial charge in [-0.25, -0.2) is 19.9 Å². The molecule has 144 valence electrons. The Morgan fingerprint density at radius 2 is 1.72 bits per heavy atom. The number of hydrogen-bond acceptors (Lipinski definition) is 4. The van der Waals surface area contributed by atoms with Crippen molar-refractivity contribution in [2.24, 2.45) is 4.99 Å². The molecule has 4 rings (SSSR count). The Balaban J connectivity index is 1.86. The number of aromatic nitrogens is 2. The fourth-order valence-corrected chi connectivity index (χ4v) is 3.56. The Morgan fingerprint density at radius 3 is 2.41 bits per heavy atom. The lowest BCUT2D eigenvalue weighted by atomic mass is 10.2. The molecule has 5 nitrogen and oxygen atoms in total. The standard InChI is InChI=1S/C21H13Cl3N4O/c1-12-9-18(24)27-21(25-12)28-19(13-5-3-2-4-6-13)26-17(20(28)29)10-14-7-8-15(22)11-16(14)23/h2-11H,1H3/b17-10+. The molecule has 0 radical (unpaired) electrons. The first kappa shape index (κ1) is 19.6. The Hall–Kier alpha value is -2.73. The Morgan fingerprint density at radius 1 is 0.966 bits per heavy atom. The summed E-state index contributed by atoms with van der Waals surface area (Å²) in [5.41, 5.74) is 2.21. The molecule has 0 fully saturated rings. The molecule has 0 saturated carbocycles. The third kappa shape index (κ3) is 4.03. The number of aliphatic imine (C=N–C) groups is 1. The van der Waals surface area contributed by atoms with Gasteiger partial charge in [0.1, 0.15) is 10.9 Å². The molecule has 2 aromatic carbocycles. The lowest BCUT2D eigenvalue weighted by Crippen LogP contribution is -2.34. The third-order valence-corrected chi connectivity index (χ3v) is 4.91. The summed E-state index contributed by atoms with van der Waals surface area (Å²) < 4.78 is 0. The van der Waals surface area contributed by atoms with Crippen LogP contribution in [0.4, 0.5) is 5.95 Å². The molecule has 1 amide bonds. The maximum absolute atomic E-state index is 13.2. The minimum atomic E-state index is -0.378. The highest BCUT2D eigenvalue weighted by Gasteiger charge is 2.34. The summed E-state index contributed by atoms with van der Waals surface area (Å²) in [5.74, 6) is 0.193. The van der Waals surface area contributed by atoms with E-state index in [9.17, 15) is 4.79 Å². The molecule has 3 aromatic rings. The molecule has 0 bridgehead atoms. The minimum Gasteiger partial charge on any atom is -0.266 e. The molecule has 1 aliphatic rings. The van der Waals surface area contributed by atoms with E-state index in [2.05, 4.69) is 15.0 Å². The van der Waals surface area contributed by atoms with Gasteiger partial charge in [-0.1, -0.05) is 71.2 Å². The number of benzene rings is 2. The number of hydrogen-bond donors (Lipinski definition) is 0. The van der Waals surface area contributed by atoms with Crippen LogP contribution >= 0.6 is 34.8 Å². The molecule has 1 aliphatic heterocycles. The summed E-state index contributed by atoms with van der Waals surface area (Å²) in [6, 6.07) is 16.0. The van der Waals surface area contributed by atoms with Gasteiger partial charge in [0.05, 0.1) is 0 Å². The normalized spacial score (nSPS) is 15.2. The minimum absolute atomic E-state index is 0.160. The van der Waals surface area contributed by atoms with E-state index in [4.69, 9.17) is 34.8 Å². The zero-order valence-electron chi connectivity index (χ0n) is 15.1. The number of nitrogens with zero attached hydrogens (tertiary/aromatic N) is 4. The summed E-state index contributed by atoms with van der Waals surface area (Å²) in [4.78, 5) is 27.7. The Bertz CT molecular complexity index is 1160. The van der Waals surface area contributed by atoms with E-state index < -0.39 is 0 Å². The molecular formula is C21H13Cl3N4O. The SMILES string of the molecule is Cc1cc(Cl)nc(N2C(=O)/C(=C\c3ccc(Cl)cc3Cl)N=C2c2ccccc2)n1. The van der Waals surface area contributed by atoms with Crippen LogP contribution in [0.3, 0.4) is 0 Å². The van der Waals surface area contributed by atoms with Crippen molar-refractivity contribution in [3.63, 3.8) is 0 Å². The van der Waals surface area contributed by atoms with E-state index in [1.165, 1.54) is 4.90 Å². The lowest BCUT2D eigenvalue weighted by molar-refractivity contribution is -0.113. The fraction of sp³-hybridized carbons (Fsp3) is 0.0476. The first-order chi connectivity index (χ1) is 13.9. The van der Waals surface area contributed by atoms with Crippen LogP contribution in [0.5, 0.6) is 0 Å². The van der Waals surface area contributed by atoms with E-state index in [-0.39, 0.29) is 22.7 Å². The van der Waals surface area contributed by atoms with Crippen molar-refractivity contribution in [3.8, 4) is 0 Å². The molecule has 0 unspecified atom stereocenters. The first-order valence-corrected chi connectivity index (χ1v) is 9.72. The number of carbonyl (C=O) groups is 1. The molecule has 2 heterocycles. The van der Waals surface area contributed by atoms with E-state index >= 15 is 0 Å². The van der Waals surface area contributed by atoms with Gasteiger partial charge in [0, 0.05) is 21.3 Å². The third-order valence-electron chi connectivity index (χ3n) is 4.16. The van der Waals surface area contributed by atoms with Gasteiger partial charge in [0.25, 0.3) is 5.91 Å². The Labute approximate surface area is 182 Å². The number of rotatable bonds is 3. The number of aryl methyl sites for hydroxylation is 1. The Kier molecular flexibility index (Phi) is 5.37. The highest BCUT2D eigenvalue weighted by molar-refractivity contribution is 6.36. The summed E-state index contributed by atoms with van der Waals surface area (Å²) in [7, 11) is 0. The van der Waals surface area contributed by atoms with Crippen molar-refractivity contribution < 1.29 is 4.79 Å². The van der Waals surface area contributed by atoms with Crippen molar-refractivity contribution in [1.82, 2.24) is 9.97 Å². The van der Waals surface area contributed by atoms with Gasteiger partial charge < -0.3 is 0 Å². The number of amidine groups is 1. The van der Waals surface area contributed by atoms with Gasteiger partial charge in [-0.3, -0.25) is 4.79 Å². The first-order valence-electron chi connectivity index (χ1n) is 8.59. The van der Waals surface area contributed by atoms with Crippen molar-refractivity contribution >= 4 is 58.6 Å². The van der Waals surface area contributed by atoms with E-state index in [1.54, 1.807) is 37.3 Å². The van der Waals surface area contributed by atoms with Gasteiger partial charge in [-0.15, -0.1) is 0 Å². The predicted octanol–water partition coefficient (Wildman–Crippen LogP) is 5.58. The summed E-state index contributed by atoms with van der Waals surface area (Å²) in [6.45, 7) is 1.78. The van der Waals surface area contributed by atoms with Crippen LogP contribution in [0.15, 0.2) is 65.3 Å². The zero-order chi connectivity index (χ0) is 20.5. The van der Waals surface area contributed by atoms with Crippen molar-refractivity contribution in [2.75, 3.05) is 4.90 Å². The second-order valence-corrected chi connectivity index (χ2v) is 7.50. The number of amides is 1. The smallest absolute Gasteiger partial charge is 0.266 e. The summed E-state index contributed by atoms with van der Waals surface area (Å²) in [5, 5.41) is 1.17. The molecule has 0 N–H and O–H groups in total. The van der Waals surface area contributed by atoms with E-state index in [0.717, 1.165) is 5.56 Å². The van der Waals surface area contributed by atoms with Crippen LogP contribution in [0, 0.1) is 6.92 Å². The van der Waals surface area contributed by atoms with Gasteiger partial charge in [0.15, 0.2) is 5.84 Å². The highest BCUT2D eigenvalue weighted by atomic mass is 35.5. The average Bonchev–Trinajstić information content (AvgIpc) is 3.00. The predicted molar refractivity (Wildman–Crippen MR) is 117 cm³/mol. The number of halogens is 3. The van der Waals surface area contributed by atoms with Crippen LogP contribution < -0.4 is 4.90 Å². The fourth-order valence-electron chi connectivity index (χ4n) is 2.86. The number of carbonyl (C=O) groups excluding carboxylic acids is 1. The van der Waals surface area contributed by atoms with Crippen molar-refractivity contribution in [1.29, 1.82) is 0 Å². The maximum Gasteiger partial charge on any atom is 0.285 e. The van der Waals surface area contributed by atoms with Gasteiger partial charge in [0.2, 0.25) is 5.95 Å². The van der Waals surface area contributed by atoms with Gasteiger partial charge in [-0.2, -0.15) is 0 Å². The molecule has 8 heteroatoms. The maximum atomic E-state index is 13.2. The monoisotopic (exact) mass is 442 g/mol. The number of anilines is 1. The van der Waals surface area contributed by atoms with Crippen LogP contribution in [0.2, 0.25) is 15.2 Å². The van der Waals surface area contributed by atoms with Crippen molar-refractivity contribution in [2.45, 2.75) is 6.92 Å². The van der Waals surface area contributed by atoms with Gasteiger partial charge in [-0.05, 0) is 36.8 Å². The average molecular weight is 444 g/mol. The highest BCUT2D eigenvalue weighted by Crippen LogP contribution is 2.29. The van der Waals surface area contributed by atoms with Crippen molar-refractivity contribution in [3.05, 3.63) is 92.3 Å².